The molecule has 2 amide bonds. The van der Waals surface area contributed by atoms with Crippen molar-refractivity contribution >= 4 is 17.6 Å². The van der Waals surface area contributed by atoms with Crippen LogP contribution in [-0.4, -0.2) is 31.3 Å². The van der Waals surface area contributed by atoms with Gasteiger partial charge in [0.05, 0.1) is 29.7 Å². The number of fused-ring (bicyclic) bond motifs is 3. The van der Waals surface area contributed by atoms with Gasteiger partial charge in [-0.1, -0.05) is 41.9 Å². The average Bonchev–Trinajstić information content (AvgIpc) is 3.34. The van der Waals surface area contributed by atoms with Crippen molar-refractivity contribution in [3.63, 3.8) is 0 Å². The highest BCUT2D eigenvalue weighted by Gasteiger charge is 2.36. The lowest BCUT2D eigenvalue weighted by molar-refractivity contribution is 0.178. The molecule has 168 valence electrons. The van der Waals surface area contributed by atoms with Crippen LogP contribution in [0.5, 0.6) is 0 Å². The van der Waals surface area contributed by atoms with E-state index >= 15 is 0 Å². The van der Waals surface area contributed by atoms with Crippen molar-refractivity contribution in [3.8, 4) is 11.5 Å². The van der Waals surface area contributed by atoms with Crippen LogP contribution in [0, 0.1) is 6.92 Å². The molecule has 0 saturated heterocycles. The monoisotopic (exact) mass is 459 g/mol. The van der Waals surface area contributed by atoms with Gasteiger partial charge in [-0.15, -0.1) is 0 Å². The van der Waals surface area contributed by atoms with Crippen LogP contribution in [-0.2, 0) is 6.54 Å². The van der Waals surface area contributed by atoms with E-state index < -0.39 is 0 Å². The minimum atomic E-state index is -0.312. The maximum absolute atomic E-state index is 13.5. The van der Waals surface area contributed by atoms with Crippen LogP contribution in [0.15, 0.2) is 72.9 Å². The Kier molecular flexibility index (Phi) is 5.46. The molecular formula is C26H26ClN5O. The zero-order valence-corrected chi connectivity index (χ0v) is 19.6. The summed E-state index contributed by atoms with van der Waals surface area (Å²) in [7, 11) is 0. The molecule has 0 spiro atoms. The summed E-state index contributed by atoms with van der Waals surface area (Å²) in [6.45, 7) is 6.36. The molecule has 1 aliphatic rings. The van der Waals surface area contributed by atoms with E-state index in [9.17, 15) is 4.79 Å². The average molecular weight is 460 g/mol. The van der Waals surface area contributed by atoms with Gasteiger partial charge in [0.25, 0.3) is 0 Å². The fourth-order valence-corrected chi connectivity index (χ4v) is 4.71. The Morgan fingerprint density at radius 1 is 1.09 bits per heavy atom. The SMILES string of the molecule is Cc1nn(-c2ccccc2)c2c1CN(C(=O)NC(C)C)C(c1cccc(Cl)c1)c1cccn1-2. The van der Waals surface area contributed by atoms with E-state index in [0.29, 0.717) is 11.6 Å². The summed E-state index contributed by atoms with van der Waals surface area (Å²) in [5, 5.41) is 8.59. The normalized spacial score (nSPS) is 15.2. The zero-order chi connectivity index (χ0) is 23.1. The number of halogens is 1. The summed E-state index contributed by atoms with van der Waals surface area (Å²) in [6, 6.07) is 21.5. The quantitative estimate of drug-likeness (QED) is 0.430. The second-order valence-electron chi connectivity index (χ2n) is 8.63. The van der Waals surface area contributed by atoms with Gasteiger partial charge in [-0.3, -0.25) is 0 Å². The molecule has 0 aliphatic carbocycles. The van der Waals surface area contributed by atoms with Gasteiger partial charge in [0.2, 0.25) is 0 Å². The summed E-state index contributed by atoms with van der Waals surface area (Å²) < 4.78 is 4.11. The Hall–Kier alpha value is -3.51. The van der Waals surface area contributed by atoms with Crippen LogP contribution in [0.2, 0.25) is 5.02 Å². The molecule has 0 radical (unpaired) electrons. The number of rotatable bonds is 3. The second kappa shape index (κ2) is 8.45. The molecule has 4 aromatic rings. The van der Waals surface area contributed by atoms with Crippen LogP contribution in [0.25, 0.3) is 11.5 Å². The van der Waals surface area contributed by atoms with E-state index in [1.807, 2.05) is 97.2 Å². The third-order valence-corrected chi connectivity index (χ3v) is 6.16. The van der Waals surface area contributed by atoms with Gasteiger partial charge in [0, 0.05) is 22.8 Å². The first-order valence-corrected chi connectivity index (χ1v) is 11.5. The van der Waals surface area contributed by atoms with Crippen LogP contribution in [0.4, 0.5) is 4.79 Å². The highest BCUT2D eigenvalue weighted by atomic mass is 35.5. The molecule has 2 aromatic heterocycles. The number of urea groups is 1. The number of benzene rings is 2. The highest BCUT2D eigenvalue weighted by molar-refractivity contribution is 6.30. The van der Waals surface area contributed by atoms with Gasteiger partial charge >= 0.3 is 6.03 Å². The Morgan fingerprint density at radius 2 is 1.88 bits per heavy atom. The Balaban J connectivity index is 1.75. The smallest absolute Gasteiger partial charge is 0.318 e. The van der Waals surface area contributed by atoms with Crippen LogP contribution >= 0.6 is 11.6 Å². The number of hydrogen-bond donors (Lipinski definition) is 1. The summed E-state index contributed by atoms with van der Waals surface area (Å²) in [6.07, 6.45) is 2.04. The molecule has 7 heteroatoms. The number of amides is 2. The van der Waals surface area contributed by atoms with Gasteiger partial charge in [-0.25, -0.2) is 9.48 Å². The molecule has 5 rings (SSSR count). The first kappa shape index (κ1) is 21.3. The molecule has 1 N–H and O–H groups in total. The predicted molar refractivity (Wildman–Crippen MR) is 130 cm³/mol. The molecule has 33 heavy (non-hydrogen) atoms. The third kappa shape index (κ3) is 3.80. The number of nitrogens with one attached hydrogen (secondary N) is 1. The molecule has 0 fully saturated rings. The standard InChI is InChI=1S/C26H26ClN5O/c1-17(2)28-26(33)31-16-22-18(3)29-32(21-11-5-4-6-12-21)25(22)30-14-8-13-23(30)24(31)19-9-7-10-20(27)15-19/h4-15,17,24H,16H2,1-3H3,(H,28,33). The van der Waals surface area contributed by atoms with E-state index in [4.69, 9.17) is 16.7 Å². The van der Waals surface area contributed by atoms with Crippen molar-refractivity contribution in [2.24, 2.45) is 0 Å². The lowest BCUT2D eigenvalue weighted by Gasteiger charge is -2.31. The zero-order valence-electron chi connectivity index (χ0n) is 18.9. The molecule has 1 aliphatic heterocycles. The topological polar surface area (TPSA) is 55.1 Å². The lowest BCUT2D eigenvalue weighted by atomic mass is 10.0. The highest BCUT2D eigenvalue weighted by Crippen LogP contribution is 2.38. The van der Waals surface area contributed by atoms with E-state index in [1.54, 1.807) is 0 Å². The van der Waals surface area contributed by atoms with E-state index in [-0.39, 0.29) is 18.1 Å². The van der Waals surface area contributed by atoms with Gasteiger partial charge < -0.3 is 14.8 Å². The van der Waals surface area contributed by atoms with Crippen molar-refractivity contribution in [2.75, 3.05) is 0 Å². The van der Waals surface area contributed by atoms with Gasteiger partial charge in [-0.2, -0.15) is 5.10 Å². The Bertz CT molecular complexity index is 1310. The van der Waals surface area contributed by atoms with Crippen molar-refractivity contribution < 1.29 is 4.79 Å². The van der Waals surface area contributed by atoms with Crippen LogP contribution < -0.4 is 5.32 Å². The van der Waals surface area contributed by atoms with Crippen molar-refractivity contribution in [3.05, 3.63) is 100 Å². The fourth-order valence-electron chi connectivity index (χ4n) is 4.51. The van der Waals surface area contributed by atoms with Gasteiger partial charge in [-0.05, 0) is 62.7 Å². The summed E-state index contributed by atoms with van der Waals surface area (Å²) >= 11 is 6.38. The lowest BCUT2D eigenvalue weighted by Crippen LogP contribution is -2.44. The van der Waals surface area contributed by atoms with E-state index in [1.165, 1.54) is 0 Å². The molecule has 1 unspecified atom stereocenters. The molecule has 3 heterocycles. The molecule has 6 nitrogen and oxygen atoms in total. The number of carbonyl (C=O) groups excluding carboxylic acids is 1. The van der Waals surface area contributed by atoms with Gasteiger partial charge in [0.1, 0.15) is 5.82 Å². The Labute approximate surface area is 198 Å². The molecule has 2 aromatic carbocycles. The molecule has 0 bridgehead atoms. The summed E-state index contributed by atoms with van der Waals surface area (Å²) in [4.78, 5) is 15.4. The van der Waals surface area contributed by atoms with Crippen molar-refractivity contribution in [1.82, 2.24) is 24.6 Å². The predicted octanol–water partition coefficient (Wildman–Crippen LogP) is 5.65. The number of hydrogen-bond acceptors (Lipinski definition) is 2. The maximum atomic E-state index is 13.5. The number of para-hydroxylation sites is 1. The second-order valence-corrected chi connectivity index (χ2v) is 9.06. The maximum Gasteiger partial charge on any atom is 0.318 e. The largest absolute Gasteiger partial charge is 0.336 e. The van der Waals surface area contributed by atoms with Crippen LogP contribution in [0.3, 0.4) is 0 Å². The van der Waals surface area contributed by atoms with Gasteiger partial charge in [0.15, 0.2) is 0 Å². The molecule has 1 atom stereocenters. The van der Waals surface area contributed by atoms with Crippen molar-refractivity contribution in [1.29, 1.82) is 0 Å². The first-order valence-electron chi connectivity index (χ1n) is 11.1. The minimum Gasteiger partial charge on any atom is -0.336 e. The number of aryl methyl sites for hydroxylation is 1. The van der Waals surface area contributed by atoms with E-state index in [0.717, 1.165) is 34.0 Å². The number of aromatic nitrogens is 3. The fraction of sp³-hybridized carbons (Fsp3) is 0.231. The summed E-state index contributed by atoms with van der Waals surface area (Å²) in [5.41, 5.74) is 4.82. The third-order valence-electron chi connectivity index (χ3n) is 5.92. The molecular weight excluding hydrogens is 434 g/mol. The summed E-state index contributed by atoms with van der Waals surface area (Å²) in [5.74, 6) is 0.950. The van der Waals surface area contributed by atoms with E-state index in [2.05, 4.69) is 16.0 Å². The number of nitrogens with zero attached hydrogens (tertiary/aromatic N) is 4. The Morgan fingerprint density at radius 3 is 2.61 bits per heavy atom. The van der Waals surface area contributed by atoms with Crippen LogP contribution in [0.1, 0.15) is 42.4 Å². The van der Waals surface area contributed by atoms with Crippen molar-refractivity contribution in [2.45, 2.75) is 39.4 Å². The minimum absolute atomic E-state index is 0.0140. The first-order chi connectivity index (χ1) is 15.9. The number of carbonyl (C=O) groups is 1. The molecule has 0 saturated carbocycles.